The maximum absolute atomic E-state index is 12.2. The van der Waals surface area contributed by atoms with Gasteiger partial charge >= 0.3 is 6.03 Å². The fourth-order valence-electron chi connectivity index (χ4n) is 2.60. The molecule has 1 saturated heterocycles. The molecule has 0 saturated carbocycles. The monoisotopic (exact) mass is 286 g/mol. The first-order valence-corrected chi connectivity index (χ1v) is 7.05. The highest BCUT2D eigenvalue weighted by Gasteiger charge is 2.25. The van der Waals surface area contributed by atoms with Gasteiger partial charge in [-0.3, -0.25) is 0 Å². The number of benzene rings is 1. The minimum atomic E-state index is -0.0562. The van der Waals surface area contributed by atoms with Crippen LogP contribution in [0.3, 0.4) is 0 Å². The lowest BCUT2D eigenvalue weighted by atomic mass is 9.94. The van der Waals surface area contributed by atoms with Crippen LogP contribution < -0.4 is 11.1 Å². The van der Waals surface area contributed by atoms with Gasteiger partial charge < -0.3 is 20.5 Å². The standard InChI is InChI=1S/C15H18N4O2/c16-14-10-13(18-21-14)11-6-8-19(9-7-11)15(20)17-12-4-2-1-3-5-12/h1-5,10-11H,6-9,16H2,(H,17,20). The highest BCUT2D eigenvalue weighted by Crippen LogP contribution is 2.28. The van der Waals surface area contributed by atoms with E-state index in [4.69, 9.17) is 10.3 Å². The Labute approximate surface area is 122 Å². The van der Waals surface area contributed by atoms with E-state index in [-0.39, 0.29) is 6.03 Å². The van der Waals surface area contributed by atoms with E-state index in [1.165, 1.54) is 0 Å². The highest BCUT2D eigenvalue weighted by molar-refractivity contribution is 5.89. The first-order valence-electron chi connectivity index (χ1n) is 7.05. The third kappa shape index (κ3) is 3.16. The van der Waals surface area contributed by atoms with E-state index in [1.807, 2.05) is 35.2 Å². The molecule has 0 unspecified atom stereocenters. The summed E-state index contributed by atoms with van der Waals surface area (Å²) in [5, 5.41) is 6.86. The van der Waals surface area contributed by atoms with Crippen molar-refractivity contribution in [2.24, 2.45) is 0 Å². The smallest absolute Gasteiger partial charge is 0.321 e. The highest BCUT2D eigenvalue weighted by atomic mass is 16.5. The Kier molecular flexibility index (Phi) is 3.77. The van der Waals surface area contributed by atoms with Gasteiger partial charge in [0.1, 0.15) is 0 Å². The Morgan fingerprint density at radius 2 is 2.00 bits per heavy atom. The zero-order chi connectivity index (χ0) is 14.7. The normalized spacial score (nSPS) is 15.9. The predicted octanol–water partition coefficient (Wildman–Crippen LogP) is 2.67. The summed E-state index contributed by atoms with van der Waals surface area (Å²) >= 11 is 0. The Hall–Kier alpha value is -2.50. The Morgan fingerprint density at radius 3 is 2.62 bits per heavy atom. The molecule has 3 N–H and O–H groups in total. The number of likely N-dealkylation sites (tertiary alicyclic amines) is 1. The van der Waals surface area contributed by atoms with E-state index < -0.39 is 0 Å². The number of nitrogens with two attached hydrogens (primary N) is 1. The summed E-state index contributed by atoms with van der Waals surface area (Å²) in [6.07, 6.45) is 1.74. The van der Waals surface area contributed by atoms with E-state index in [1.54, 1.807) is 6.07 Å². The number of urea groups is 1. The number of nitrogens with zero attached hydrogens (tertiary/aromatic N) is 2. The van der Waals surface area contributed by atoms with E-state index in [0.29, 0.717) is 24.9 Å². The number of hydrogen-bond donors (Lipinski definition) is 2. The number of piperidine rings is 1. The number of aromatic nitrogens is 1. The zero-order valence-corrected chi connectivity index (χ0v) is 11.7. The maximum atomic E-state index is 12.2. The average Bonchev–Trinajstić information content (AvgIpc) is 2.95. The van der Waals surface area contributed by atoms with Crippen molar-refractivity contribution < 1.29 is 9.32 Å². The second-order valence-electron chi connectivity index (χ2n) is 5.21. The molecule has 2 aromatic rings. The molecule has 6 nitrogen and oxygen atoms in total. The van der Waals surface area contributed by atoms with Crippen LogP contribution in [0.2, 0.25) is 0 Å². The zero-order valence-electron chi connectivity index (χ0n) is 11.7. The van der Waals surface area contributed by atoms with Gasteiger partial charge in [-0.05, 0) is 25.0 Å². The molecule has 21 heavy (non-hydrogen) atoms. The number of amides is 2. The number of rotatable bonds is 2. The van der Waals surface area contributed by atoms with Crippen LogP contribution in [0.5, 0.6) is 0 Å². The number of hydrogen-bond acceptors (Lipinski definition) is 4. The molecule has 110 valence electrons. The van der Waals surface area contributed by atoms with Gasteiger partial charge in [0.25, 0.3) is 0 Å². The van der Waals surface area contributed by atoms with Gasteiger partial charge in [-0.1, -0.05) is 23.4 Å². The molecule has 6 heteroatoms. The lowest BCUT2D eigenvalue weighted by Gasteiger charge is -2.31. The Balaban J connectivity index is 1.54. The van der Waals surface area contributed by atoms with Crippen LogP contribution in [0.25, 0.3) is 0 Å². The lowest BCUT2D eigenvalue weighted by molar-refractivity contribution is 0.193. The van der Waals surface area contributed by atoms with Gasteiger partial charge in [0, 0.05) is 30.8 Å². The van der Waals surface area contributed by atoms with Crippen molar-refractivity contribution in [1.29, 1.82) is 0 Å². The fraction of sp³-hybridized carbons (Fsp3) is 0.333. The topological polar surface area (TPSA) is 84.4 Å². The Bertz CT molecular complexity index is 603. The van der Waals surface area contributed by atoms with Crippen molar-refractivity contribution in [3.05, 3.63) is 42.1 Å². The van der Waals surface area contributed by atoms with Gasteiger partial charge in [0.05, 0.1) is 5.69 Å². The number of anilines is 2. The molecule has 0 atom stereocenters. The molecular formula is C15H18N4O2. The van der Waals surface area contributed by atoms with Crippen LogP contribution in [-0.4, -0.2) is 29.2 Å². The quantitative estimate of drug-likeness (QED) is 0.889. The van der Waals surface area contributed by atoms with Gasteiger partial charge in [-0.2, -0.15) is 0 Å². The molecule has 0 bridgehead atoms. The molecule has 1 aliphatic heterocycles. The van der Waals surface area contributed by atoms with Gasteiger partial charge in [-0.15, -0.1) is 0 Å². The minimum absolute atomic E-state index is 0.0562. The molecule has 3 rings (SSSR count). The van der Waals surface area contributed by atoms with Gasteiger partial charge in [-0.25, -0.2) is 4.79 Å². The molecule has 1 fully saturated rings. The van der Waals surface area contributed by atoms with Crippen LogP contribution in [-0.2, 0) is 0 Å². The summed E-state index contributed by atoms with van der Waals surface area (Å²) in [6.45, 7) is 1.41. The summed E-state index contributed by atoms with van der Waals surface area (Å²) in [5.74, 6) is 0.654. The van der Waals surface area contributed by atoms with Crippen molar-refractivity contribution in [2.45, 2.75) is 18.8 Å². The van der Waals surface area contributed by atoms with Crippen LogP contribution in [0.1, 0.15) is 24.5 Å². The molecule has 1 aromatic heterocycles. The molecule has 1 aromatic carbocycles. The number of para-hydroxylation sites is 1. The van der Waals surface area contributed by atoms with Crippen LogP contribution in [0.15, 0.2) is 40.9 Å². The fourth-order valence-corrected chi connectivity index (χ4v) is 2.60. The van der Waals surface area contributed by atoms with Crippen LogP contribution in [0.4, 0.5) is 16.4 Å². The summed E-state index contributed by atoms with van der Waals surface area (Å²) < 4.78 is 4.91. The van der Waals surface area contributed by atoms with Crippen molar-refractivity contribution in [2.75, 3.05) is 24.1 Å². The molecule has 0 radical (unpaired) electrons. The summed E-state index contributed by atoms with van der Waals surface area (Å²) in [5.41, 5.74) is 7.24. The Morgan fingerprint density at radius 1 is 1.29 bits per heavy atom. The third-order valence-electron chi connectivity index (χ3n) is 3.77. The second-order valence-corrected chi connectivity index (χ2v) is 5.21. The number of nitrogen functional groups attached to an aromatic ring is 1. The summed E-state index contributed by atoms with van der Waals surface area (Å²) in [6, 6.07) is 11.2. The van der Waals surface area contributed by atoms with Gasteiger partial charge in [0.15, 0.2) is 0 Å². The molecule has 0 spiro atoms. The van der Waals surface area contributed by atoms with E-state index >= 15 is 0 Å². The summed E-state index contributed by atoms with van der Waals surface area (Å²) in [4.78, 5) is 14.0. The van der Waals surface area contributed by atoms with Crippen molar-refractivity contribution >= 4 is 17.6 Å². The largest absolute Gasteiger partial charge is 0.368 e. The lowest BCUT2D eigenvalue weighted by Crippen LogP contribution is -2.40. The average molecular weight is 286 g/mol. The molecule has 2 amide bonds. The van der Waals surface area contributed by atoms with E-state index in [9.17, 15) is 4.79 Å². The molecular weight excluding hydrogens is 268 g/mol. The van der Waals surface area contributed by atoms with Crippen LogP contribution in [0, 0.1) is 0 Å². The molecule has 0 aliphatic carbocycles. The second kappa shape index (κ2) is 5.87. The first kappa shape index (κ1) is 13.5. The molecule has 2 heterocycles. The van der Waals surface area contributed by atoms with Crippen molar-refractivity contribution in [3.8, 4) is 0 Å². The minimum Gasteiger partial charge on any atom is -0.368 e. The van der Waals surface area contributed by atoms with Crippen molar-refractivity contribution in [3.63, 3.8) is 0 Å². The first-order chi connectivity index (χ1) is 10.2. The van der Waals surface area contributed by atoms with Crippen LogP contribution >= 0.6 is 0 Å². The van der Waals surface area contributed by atoms with Crippen molar-refractivity contribution in [1.82, 2.24) is 10.1 Å². The SMILES string of the molecule is Nc1cc(C2CCN(C(=O)Nc3ccccc3)CC2)no1. The predicted molar refractivity (Wildman–Crippen MR) is 79.9 cm³/mol. The third-order valence-corrected chi connectivity index (χ3v) is 3.77. The van der Waals surface area contributed by atoms with E-state index in [0.717, 1.165) is 24.2 Å². The summed E-state index contributed by atoms with van der Waals surface area (Å²) in [7, 11) is 0. The number of nitrogens with one attached hydrogen (secondary N) is 1. The number of carbonyl (C=O) groups excluding carboxylic acids is 1. The maximum Gasteiger partial charge on any atom is 0.321 e. The number of carbonyl (C=O) groups is 1. The van der Waals surface area contributed by atoms with Gasteiger partial charge in [0.2, 0.25) is 5.88 Å². The molecule has 1 aliphatic rings. The van der Waals surface area contributed by atoms with E-state index in [2.05, 4.69) is 10.5 Å².